The SMILES string of the molecule is Cc1nc(C(C)NCCc2ccc3c(c2)OCCO3)cs1. The minimum Gasteiger partial charge on any atom is -0.486 e. The first-order chi connectivity index (χ1) is 10.2. The van der Waals surface area contributed by atoms with Crippen molar-refractivity contribution in [2.75, 3.05) is 19.8 Å². The molecule has 0 saturated carbocycles. The van der Waals surface area contributed by atoms with Crippen molar-refractivity contribution in [3.63, 3.8) is 0 Å². The molecular formula is C16H20N2O2S. The molecule has 2 aromatic rings. The molecule has 0 aliphatic carbocycles. The normalized spacial score (nSPS) is 15.0. The van der Waals surface area contributed by atoms with Gasteiger partial charge in [0.05, 0.1) is 10.7 Å². The molecule has 0 fully saturated rings. The second-order valence-corrected chi connectivity index (χ2v) is 6.26. The number of rotatable bonds is 5. The van der Waals surface area contributed by atoms with Crippen molar-refractivity contribution in [3.8, 4) is 11.5 Å². The maximum atomic E-state index is 5.61. The number of benzene rings is 1. The summed E-state index contributed by atoms with van der Waals surface area (Å²) in [4.78, 5) is 4.51. The van der Waals surface area contributed by atoms with Gasteiger partial charge in [-0.2, -0.15) is 0 Å². The number of aryl methyl sites for hydroxylation is 1. The highest BCUT2D eigenvalue weighted by Crippen LogP contribution is 2.30. The Morgan fingerprint density at radius 2 is 2.10 bits per heavy atom. The largest absolute Gasteiger partial charge is 0.486 e. The zero-order valence-electron chi connectivity index (χ0n) is 12.4. The number of aromatic nitrogens is 1. The molecule has 1 N–H and O–H groups in total. The van der Waals surface area contributed by atoms with Crippen LogP contribution in [0, 0.1) is 6.92 Å². The number of hydrogen-bond donors (Lipinski definition) is 1. The van der Waals surface area contributed by atoms with Gasteiger partial charge in [0.1, 0.15) is 13.2 Å². The van der Waals surface area contributed by atoms with Crippen LogP contribution in [0.3, 0.4) is 0 Å². The third kappa shape index (κ3) is 3.54. The molecule has 21 heavy (non-hydrogen) atoms. The quantitative estimate of drug-likeness (QED) is 0.922. The van der Waals surface area contributed by atoms with Crippen LogP contribution in [0.25, 0.3) is 0 Å². The Kier molecular flexibility index (Phi) is 4.41. The van der Waals surface area contributed by atoms with Gasteiger partial charge in [-0.05, 0) is 44.5 Å². The highest BCUT2D eigenvalue weighted by molar-refractivity contribution is 7.09. The van der Waals surface area contributed by atoms with Crippen molar-refractivity contribution in [1.82, 2.24) is 10.3 Å². The minimum atomic E-state index is 0.284. The van der Waals surface area contributed by atoms with E-state index < -0.39 is 0 Å². The molecule has 112 valence electrons. The van der Waals surface area contributed by atoms with Crippen molar-refractivity contribution in [2.24, 2.45) is 0 Å². The van der Waals surface area contributed by atoms with Crippen molar-refractivity contribution < 1.29 is 9.47 Å². The van der Waals surface area contributed by atoms with Crippen LogP contribution < -0.4 is 14.8 Å². The molecule has 3 rings (SSSR count). The van der Waals surface area contributed by atoms with Gasteiger partial charge >= 0.3 is 0 Å². The Morgan fingerprint density at radius 1 is 1.29 bits per heavy atom. The zero-order chi connectivity index (χ0) is 14.7. The molecule has 1 aliphatic rings. The van der Waals surface area contributed by atoms with Gasteiger partial charge in [0.2, 0.25) is 0 Å². The topological polar surface area (TPSA) is 43.4 Å². The summed E-state index contributed by atoms with van der Waals surface area (Å²) in [6.45, 7) is 6.37. The van der Waals surface area contributed by atoms with Crippen LogP contribution in [0.2, 0.25) is 0 Å². The van der Waals surface area contributed by atoms with Gasteiger partial charge in [0.15, 0.2) is 11.5 Å². The predicted molar refractivity (Wildman–Crippen MR) is 84.4 cm³/mol. The van der Waals surface area contributed by atoms with Crippen LogP contribution in [0.15, 0.2) is 23.6 Å². The molecule has 1 aromatic heterocycles. The molecule has 2 heterocycles. The fourth-order valence-corrected chi connectivity index (χ4v) is 3.07. The summed E-state index contributed by atoms with van der Waals surface area (Å²) < 4.78 is 11.1. The number of nitrogens with one attached hydrogen (secondary N) is 1. The van der Waals surface area contributed by atoms with E-state index in [1.807, 2.05) is 13.0 Å². The number of thiazole rings is 1. The van der Waals surface area contributed by atoms with Gasteiger partial charge in [-0.25, -0.2) is 4.98 Å². The molecule has 0 radical (unpaired) electrons. The van der Waals surface area contributed by atoms with Crippen molar-refractivity contribution in [3.05, 3.63) is 39.8 Å². The van der Waals surface area contributed by atoms with Gasteiger partial charge in [0.25, 0.3) is 0 Å². The second-order valence-electron chi connectivity index (χ2n) is 5.20. The molecule has 0 amide bonds. The standard InChI is InChI=1S/C16H20N2O2S/c1-11(14-10-21-12(2)18-14)17-6-5-13-3-4-15-16(9-13)20-8-7-19-15/h3-4,9-11,17H,5-8H2,1-2H3. The zero-order valence-corrected chi connectivity index (χ0v) is 13.2. The highest BCUT2D eigenvalue weighted by atomic mass is 32.1. The molecule has 0 spiro atoms. The van der Waals surface area contributed by atoms with Crippen LogP contribution >= 0.6 is 11.3 Å². The number of hydrogen-bond acceptors (Lipinski definition) is 5. The molecule has 4 nitrogen and oxygen atoms in total. The monoisotopic (exact) mass is 304 g/mol. The number of nitrogens with zero attached hydrogens (tertiary/aromatic N) is 1. The Balaban J connectivity index is 1.53. The molecule has 5 heteroatoms. The Labute approximate surface area is 129 Å². The summed E-state index contributed by atoms with van der Waals surface area (Å²) in [6, 6.07) is 6.46. The van der Waals surface area contributed by atoms with Gasteiger partial charge in [-0.1, -0.05) is 6.07 Å². The summed E-state index contributed by atoms with van der Waals surface area (Å²) in [7, 11) is 0. The van der Waals surface area contributed by atoms with Crippen molar-refractivity contribution in [2.45, 2.75) is 26.3 Å². The van der Waals surface area contributed by atoms with E-state index in [-0.39, 0.29) is 6.04 Å². The summed E-state index contributed by atoms with van der Waals surface area (Å²) in [5.41, 5.74) is 2.38. The van der Waals surface area contributed by atoms with E-state index in [1.54, 1.807) is 11.3 Å². The molecule has 1 aromatic carbocycles. The Morgan fingerprint density at radius 3 is 2.86 bits per heavy atom. The van der Waals surface area contributed by atoms with E-state index in [9.17, 15) is 0 Å². The second kappa shape index (κ2) is 6.45. The van der Waals surface area contributed by atoms with Crippen LogP contribution in [-0.4, -0.2) is 24.7 Å². The van der Waals surface area contributed by atoms with Crippen LogP contribution in [0.1, 0.15) is 29.2 Å². The fourth-order valence-electron chi connectivity index (χ4n) is 2.36. The van der Waals surface area contributed by atoms with Crippen molar-refractivity contribution >= 4 is 11.3 Å². The number of fused-ring (bicyclic) bond motifs is 1. The first kappa shape index (κ1) is 14.4. The first-order valence-electron chi connectivity index (χ1n) is 7.26. The van der Waals surface area contributed by atoms with E-state index in [0.29, 0.717) is 13.2 Å². The lowest BCUT2D eigenvalue weighted by Gasteiger charge is -2.19. The molecular weight excluding hydrogens is 284 g/mol. The summed E-state index contributed by atoms with van der Waals surface area (Å²) in [6.07, 6.45) is 0.962. The average Bonchev–Trinajstić information content (AvgIpc) is 2.94. The Hall–Kier alpha value is -1.59. The fraction of sp³-hybridized carbons (Fsp3) is 0.438. The molecule has 1 aliphatic heterocycles. The van der Waals surface area contributed by atoms with E-state index >= 15 is 0 Å². The highest BCUT2D eigenvalue weighted by Gasteiger charge is 2.12. The predicted octanol–water partition coefficient (Wildman–Crippen LogP) is 3.12. The summed E-state index contributed by atoms with van der Waals surface area (Å²) in [5, 5.41) is 6.75. The Bertz CT molecular complexity index is 612. The van der Waals surface area contributed by atoms with Crippen LogP contribution in [0.4, 0.5) is 0 Å². The van der Waals surface area contributed by atoms with Gasteiger partial charge in [-0.15, -0.1) is 11.3 Å². The smallest absolute Gasteiger partial charge is 0.161 e. The van der Waals surface area contributed by atoms with Crippen LogP contribution in [-0.2, 0) is 6.42 Å². The lowest BCUT2D eigenvalue weighted by atomic mass is 10.1. The van der Waals surface area contributed by atoms with E-state index in [2.05, 4.69) is 34.7 Å². The van der Waals surface area contributed by atoms with E-state index in [0.717, 1.165) is 35.2 Å². The maximum Gasteiger partial charge on any atom is 0.161 e. The van der Waals surface area contributed by atoms with Gasteiger partial charge in [-0.3, -0.25) is 0 Å². The van der Waals surface area contributed by atoms with Crippen LogP contribution in [0.5, 0.6) is 11.5 Å². The van der Waals surface area contributed by atoms with E-state index in [1.165, 1.54) is 5.56 Å². The summed E-state index contributed by atoms with van der Waals surface area (Å²) >= 11 is 1.70. The molecule has 0 bridgehead atoms. The molecule has 0 saturated heterocycles. The maximum absolute atomic E-state index is 5.61. The molecule has 1 unspecified atom stereocenters. The minimum absolute atomic E-state index is 0.284. The van der Waals surface area contributed by atoms with Gasteiger partial charge < -0.3 is 14.8 Å². The lowest BCUT2D eigenvalue weighted by Crippen LogP contribution is -2.21. The average molecular weight is 304 g/mol. The summed E-state index contributed by atoms with van der Waals surface area (Å²) in [5.74, 6) is 1.71. The lowest BCUT2D eigenvalue weighted by molar-refractivity contribution is 0.171. The van der Waals surface area contributed by atoms with Gasteiger partial charge in [0, 0.05) is 11.4 Å². The third-order valence-electron chi connectivity index (χ3n) is 3.55. The molecule has 1 atom stereocenters. The number of ether oxygens (including phenoxy) is 2. The third-order valence-corrected chi connectivity index (χ3v) is 4.34. The van der Waals surface area contributed by atoms with Crippen molar-refractivity contribution in [1.29, 1.82) is 0 Å². The first-order valence-corrected chi connectivity index (χ1v) is 8.14. The van der Waals surface area contributed by atoms with E-state index in [4.69, 9.17) is 9.47 Å².